The maximum absolute atomic E-state index is 11.8. The lowest BCUT2D eigenvalue weighted by molar-refractivity contribution is 0.169. The number of hydrogen-bond acceptors (Lipinski definition) is 3. The van der Waals surface area contributed by atoms with Crippen LogP contribution in [-0.2, 0) is 9.84 Å². The summed E-state index contributed by atoms with van der Waals surface area (Å²) in [6.07, 6.45) is 12.7. The van der Waals surface area contributed by atoms with Gasteiger partial charge < -0.3 is 5.32 Å². The van der Waals surface area contributed by atoms with Gasteiger partial charge in [0.25, 0.3) is 0 Å². The van der Waals surface area contributed by atoms with Gasteiger partial charge in [0, 0.05) is 12.6 Å². The molecule has 0 radical (unpaired) electrons. The monoisotopic (exact) mass is 285 g/mol. The average molecular weight is 285 g/mol. The summed E-state index contributed by atoms with van der Waals surface area (Å²) >= 11 is 0. The van der Waals surface area contributed by atoms with Gasteiger partial charge in [0.1, 0.15) is 0 Å². The Morgan fingerprint density at radius 3 is 2.21 bits per heavy atom. The van der Waals surface area contributed by atoms with Crippen LogP contribution < -0.4 is 5.32 Å². The van der Waals surface area contributed by atoms with Crippen molar-refractivity contribution < 1.29 is 8.42 Å². The minimum absolute atomic E-state index is 0.102. The standard InChI is InChI=1S/C15H27NO2S/c17-19(18)11-3-4-14(19)12-16-13-5-9-15(10-6-13)7-1-2-8-15/h13-14,16H,1-12H2. The minimum Gasteiger partial charge on any atom is -0.313 e. The molecule has 0 amide bonds. The van der Waals surface area contributed by atoms with Crippen molar-refractivity contribution >= 4 is 9.84 Å². The Hall–Kier alpha value is -0.0900. The fourth-order valence-corrected chi connectivity index (χ4v) is 6.22. The van der Waals surface area contributed by atoms with Crippen LogP contribution in [0, 0.1) is 5.41 Å². The third kappa shape index (κ3) is 2.99. The Morgan fingerprint density at radius 1 is 0.947 bits per heavy atom. The third-order valence-electron chi connectivity index (χ3n) is 5.81. The number of rotatable bonds is 3. The Labute approximate surface area is 117 Å². The molecular formula is C15H27NO2S. The fourth-order valence-electron chi connectivity index (χ4n) is 4.44. The third-order valence-corrected chi connectivity index (χ3v) is 8.08. The van der Waals surface area contributed by atoms with E-state index in [4.69, 9.17) is 0 Å². The summed E-state index contributed by atoms with van der Waals surface area (Å²) in [5, 5.41) is 3.44. The van der Waals surface area contributed by atoms with Gasteiger partial charge in [-0.25, -0.2) is 8.42 Å². The van der Waals surface area contributed by atoms with E-state index in [9.17, 15) is 8.42 Å². The van der Waals surface area contributed by atoms with E-state index < -0.39 is 9.84 Å². The molecule has 3 rings (SSSR count). The molecule has 1 unspecified atom stereocenters. The first-order valence-corrected chi connectivity index (χ1v) is 9.76. The summed E-state index contributed by atoms with van der Waals surface area (Å²) in [7, 11) is -2.77. The van der Waals surface area contributed by atoms with Crippen molar-refractivity contribution in [2.45, 2.75) is 75.5 Å². The second-order valence-corrected chi connectivity index (χ2v) is 9.42. The molecule has 1 N–H and O–H groups in total. The van der Waals surface area contributed by atoms with E-state index >= 15 is 0 Å². The van der Waals surface area contributed by atoms with Gasteiger partial charge in [-0.05, 0) is 56.8 Å². The molecule has 3 aliphatic rings. The largest absolute Gasteiger partial charge is 0.313 e. The Balaban J connectivity index is 1.45. The van der Waals surface area contributed by atoms with Crippen molar-refractivity contribution in [3.05, 3.63) is 0 Å². The minimum atomic E-state index is -2.77. The molecular weight excluding hydrogens is 258 g/mol. The highest BCUT2D eigenvalue weighted by atomic mass is 32.2. The Bertz CT molecular complexity index is 402. The van der Waals surface area contributed by atoms with E-state index in [0.717, 1.165) is 12.8 Å². The smallest absolute Gasteiger partial charge is 0.154 e. The summed E-state index contributed by atoms with van der Waals surface area (Å²) in [6, 6.07) is 0.571. The fraction of sp³-hybridized carbons (Fsp3) is 1.00. The Morgan fingerprint density at radius 2 is 1.63 bits per heavy atom. The van der Waals surface area contributed by atoms with Crippen LogP contribution in [0.5, 0.6) is 0 Å². The molecule has 2 aliphatic carbocycles. The molecule has 1 aliphatic heterocycles. The van der Waals surface area contributed by atoms with E-state index in [0.29, 0.717) is 23.8 Å². The molecule has 1 spiro atoms. The molecule has 4 heteroatoms. The summed E-state index contributed by atoms with van der Waals surface area (Å²) < 4.78 is 23.6. The highest BCUT2D eigenvalue weighted by Crippen LogP contribution is 2.48. The Kier molecular flexibility index (Phi) is 3.91. The van der Waals surface area contributed by atoms with E-state index in [2.05, 4.69) is 5.32 Å². The lowest BCUT2D eigenvalue weighted by atomic mass is 9.71. The SMILES string of the molecule is O=S1(=O)CCCC1CNC1CCC2(CCCC2)CC1. The van der Waals surface area contributed by atoms with Crippen LogP contribution in [0.3, 0.4) is 0 Å². The van der Waals surface area contributed by atoms with Crippen molar-refractivity contribution in [2.24, 2.45) is 5.41 Å². The molecule has 1 atom stereocenters. The molecule has 110 valence electrons. The van der Waals surface area contributed by atoms with Crippen LogP contribution in [0.2, 0.25) is 0 Å². The highest BCUT2D eigenvalue weighted by molar-refractivity contribution is 7.92. The molecule has 2 saturated carbocycles. The molecule has 1 heterocycles. The van der Waals surface area contributed by atoms with Gasteiger partial charge in [-0.2, -0.15) is 0 Å². The summed E-state index contributed by atoms with van der Waals surface area (Å²) in [5.74, 6) is 0.410. The van der Waals surface area contributed by atoms with Gasteiger partial charge in [0.2, 0.25) is 0 Å². The van der Waals surface area contributed by atoms with Crippen molar-refractivity contribution in [3.63, 3.8) is 0 Å². The van der Waals surface area contributed by atoms with Crippen LogP contribution in [0.4, 0.5) is 0 Å². The predicted octanol–water partition coefficient (Wildman–Crippen LogP) is 2.66. The highest BCUT2D eigenvalue weighted by Gasteiger charge is 2.38. The lowest BCUT2D eigenvalue weighted by Gasteiger charge is -2.37. The maximum atomic E-state index is 11.8. The quantitative estimate of drug-likeness (QED) is 0.867. The van der Waals surface area contributed by atoms with E-state index in [1.54, 1.807) is 0 Å². The van der Waals surface area contributed by atoms with Gasteiger partial charge >= 0.3 is 0 Å². The van der Waals surface area contributed by atoms with E-state index in [-0.39, 0.29) is 5.25 Å². The van der Waals surface area contributed by atoms with Gasteiger partial charge in [-0.1, -0.05) is 12.8 Å². The van der Waals surface area contributed by atoms with Crippen LogP contribution in [-0.4, -0.2) is 32.0 Å². The van der Waals surface area contributed by atoms with Gasteiger partial charge in [0.05, 0.1) is 11.0 Å². The van der Waals surface area contributed by atoms with Crippen molar-refractivity contribution in [1.29, 1.82) is 0 Å². The zero-order valence-electron chi connectivity index (χ0n) is 11.9. The van der Waals surface area contributed by atoms with Crippen molar-refractivity contribution in [3.8, 4) is 0 Å². The van der Waals surface area contributed by atoms with E-state index in [1.807, 2.05) is 0 Å². The average Bonchev–Trinajstić information content (AvgIpc) is 2.96. The maximum Gasteiger partial charge on any atom is 0.154 e. The first-order valence-electron chi connectivity index (χ1n) is 8.05. The zero-order chi connectivity index (χ0) is 13.3. The molecule has 0 aromatic carbocycles. The van der Waals surface area contributed by atoms with Crippen molar-refractivity contribution in [1.82, 2.24) is 5.32 Å². The lowest BCUT2D eigenvalue weighted by Crippen LogP contribution is -2.41. The van der Waals surface area contributed by atoms with Crippen LogP contribution in [0.25, 0.3) is 0 Å². The van der Waals surface area contributed by atoms with Crippen LogP contribution in [0.15, 0.2) is 0 Å². The molecule has 3 fully saturated rings. The normalized spacial score (nSPS) is 34.0. The van der Waals surface area contributed by atoms with Gasteiger partial charge in [-0.15, -0.1) is 0 Å². The van der Waals surface area contributed by atoms with Crippen LogP contribution >= 0.6 is 0 Å². The topological polar surface area (TPSA) is 46.2 Å². The van der Waals surface area contributed by atoms with E-state index in [1.165, 1.54) is 51.4 Å². The number of nitrogens with one attached hydrogen (secondary N) is 1. The number of hydrogen-bond donors (Lipinski definition) is 1. The predicted molar refractivity (Wildman–Crippen MR) is 78.0 cm³/mol. The second kappa shape index (κ2) is 5.36. The first kappa shape index (κ1) is 13.9. The zero-order valence-corrected chi connectivity index (χ0v) is 12.7. The summed E-state index contributed by atoms with van der Waals surface area (Å²) in [5.41, 5.74) is 0.678. The molecule has 3 nitrogen and oxygen atoms in total. The summed E-state index contributed by atoms with van der Waals surface area (Å²) in [4.78, 5) is 0. The van der Waals surface area contributed by atoms with Crippen molar-refractivity contribution in [2.75, 3.05) is 12.3 Å². The molecule has 0 aromatic heterocycles. The first-order chi connectivity index (χ1) is 9.10. The second-order valence-electron chi connectivity index (χ2n) is 7.02. The van der Waals surface area contributed by atoms with Gasteiger partial charge in [-0.3, -0.25) is 0 Å². The molecule has 0 aromatic rings. The summed E-state index contributed by atoms with van der Waals surface area (Å²) in [6.45, 7) is 0.694. The van der Waals surface area contributed by atoms with Gasteiger partial charge in [0.15, 0.2) is 9.84 Å². The number of sulfone groups is 1. The molecule has 19 heavy (non-hydrogen) atoms. The molecule has 0 bridgehead atoms. The van der Waals surface area contributed by atoms with Crippen LogP contribution in [0.1, 0.15) is 64.2 Å². The molecule has 1 saturated heterocycles.